The smallest absolute Gasteiger partial charge is 0.414 e. The van der Waals surface area contributed by atoms with E-state index in [0.717, 1.165) is 36.5 Å². The number of nitrogens with one attached hydrogen (secondary N) is 1. The van der Waals surface area contributed by atoms with Gasteiger partial charge in [0.2, 0.25) is 5.91 Å². The van der Waals surface area contributed by atoms with Gasteiger partial charge in [-0.05, 0) is 55.5 Å². The lowest BCUT2D eigenvalue weighted by Gasteiger charge is -2.21. The number of likely N-dealkylation sites (tertiary alicyclic amines) is 1. The molecule has 0 spiro atoms. The SMILES string of the molecule is CC(=O)CC[C@H]1CN(c2ccc(-c3ccc(-c4cnc([C@@H]5CCCN5C(C)=O)[nH]4)cc3)c(F)c2)C(=O)O1. The largest absolute Gasteiger partial charge is 0.444 e. The van der Waals surface area contributed by atoms with Crippen LogP contribution in [0.5, 0.6) is 0 Å². The van der Waals surface area contributed by atoms with Gasteiger partial charge in [-0.25, -0.2) is 14.2 Å². The number of anilines is 1. The molecule has 1 aromatic heterocycles. The molecule has 3 heterocycles. The van der Waals surface area contributed by atoms with Crippen molar-refractivity contribution in [3.63, 3.8) is 0 Å². The van der Waals surface area contributed by atoms with Crippen LogP contribution < -0.4 is 4.90 Å². The molecular formula is C28H29FN4O4. The Hall–Kier alpha value is -4.01. The number of hydrogen-bond donors (Lipinski definition) is 1. The summed E-state index contributed by atoms with van der Waals surface area (Å²) < 4.78 is 20.4. The van der Waals surface area contributed by atoms with Crippen LogP contribution in [0.4, 0.5) is 14.9 Å². The average Bonchev–Trinajstić information content (AvgIpc) is 3.62. The van der Waals surface area contributed by atoms with E-state index < -0.39 is 11.9 Å². The van der Waals surface area contributed by atoms with Crippen molar-refractivity contribution in [1.82, 2.24) is 14.9 Å². The lowest BCUT2D eigenvalue weighted by atomic mass is 10.0. The summed E-state index contributed by atoms with van der Waals surface area (Å²) in [4.78, 5) is 46.5. The lowest BCUT2D eigenvalue weighted by molar-refractivity contribution is -0.129. The summed E-state index contributed by atoms with van der Waals surface area (Å²) in [5.74, 6) is 0.418. The first-order valence-electron chi connectivity index (χ1n) is 12.5. The predicted molar refractivity (Wildman–Crippen MR) is 136 cm³/mol. The number of imidazole rings is 1. The number of ether oxygens (including phenoxy) is 1. The Balaban J connectivity index is 1.29. The fourth-order valence-electron chi connectivity index (χ4n) is 5.06. The van der Waals surface area contributed by atoms with Crippen LogP contribution in [-0.2, 0) is 14.3 Å². The molecule has 8 nitrogen and oxygen atoms in total. The van der Waals surface area contributed by atoms with Crippen LogP contribution in [0.1, 0.15) is 51.4 Å². The second-order valence-corrected chi connectivity index (χ2v) is 9.65. The minimum atomic E-state index is -0.534. The monoisotopic (exact) mass is 504 g/mol. The van der Waals surface area contributed by atoms with Gasteiger partial charge in [0.1, 0.15) is 23.5 Å². The van der Waals surface area contributed by atoms with Crippen LogP contribution in [0.25, 0.3) is 22.4 Å². The Morgan fingerprint density at radius 2 is 1.89 bits per heavy atom. The normalized spacial score (nSPS) is 19.4. The number of rotatable bonds is 7. The van der Waals surface area contributed by atoms with Crippen molar-refractivity contribution in [2.75, 3.05) is 18.0 Å². The third-order valence-corrected chi connectivity index (χ3v) is 7.03. The third kappa shape index (κ3) is 5.12. The lowest BCUT2D eigenvalue weighted by Crippen LogP contribution is -2.28. The molecule has 9 heteroatoms. The zero-order chi connectivity index (χ0) is 26.1. The van der Waals surface area contributed by atoms with Crippen LogP contribution in [0.3, 0.4) is 0 Å². The van der Waals surface area contributed by atoms with Gasteiger partial charge < -0.3 is 19.4 Å². The molecule has 0 unspecified atom stereocenters. The van der Waals surface area contributed by atoms with E-state index in [9.17, 15) is 14.4 Å². The number of carbonyl (C=O) groups is 3. The number of Topliss-reactive ketones (excluding diaryl/α,β-unsaturated/α-hetero) is 1. The molecule has 1 N–H and O–H groups in total. The van der Waals surface area contributed by atoms with Crippen LogP contribution in [-0.4, -0.2) is 51.8 Å². The molecule has 2 atom stereocenters. The van der Waals surface area contributed by atoms with E-state index in [1.54, 1.807) is 25.3 Å². The fourth-order valence-corrected chi connectivity index (χ4v) is 5.06. The van der Waals surface area contributed by atoms with E-state index in [1.165, 1.54) is 17.9 Å². The zero-order valence-electron chi connectivity index (χ0n) is 20.9. The standard InChI is InChI=1S/C28H29FN4O4/c1-17(34)5-11-22-16-33(28(36)37-22)21-10-12-23(24(29)14-21)19-6-8-20(9-7-19)25-15-30-27(31-25)26-4-3-13-32(26)18(2)35/h6-10,12,14-15,22,26H,3-5,11,13,16H2,1-2H3,(H,30,31)/t22-,26-/m0/s1. The van der Waals surface area contributed by atoms with Gasteiger partial charge >= 0.3 is 6.09 Å². The summed E-state index contributed by atoms with van der Waals surface area (Å²) in [7, 11) is 0. The van der Waals surface area contributed by atoms with E-state index >= 15 is 4.39 Å². The minimum absolute atomic E-state index is 0.0320. The van der Waals surface area contributed by atoms with E-state index in [4.69, 9.17) is 4.74 Å². The molecule has 2 aromatic carbocycles. The van der Waals surface area contributed by atoms with Gasteiger partial charge in [0.25, 0.3) is 0 Å². The summed E-state index contributed by atoms with van der Waals surface area (Å²) in [6.45, 7) is 4.11. The van der Waals surface area contributed by atoms with E-state index in [0.29, 0.717) is 29.7 Å². The van der Waals surface area contributed by atoms with Gasteiger partial charge in [-0.3, -0.25) is 9.69 Å². The van der Waals surface area contributed by atoms with Crippen molar-refractivity contribution in [2.45, 2.75) is 51.7 Å². The molecule has 5 rings (SSSR count). The Bertz CT molecular complexity index is 1340. The molecule has 2 fully saturated rings. The highest BCUT2D eigenvalue weighted by Gasteiger charge is 2.33. The molecular weight excluding hydrogens is 475 g/mol. The number of halogens is 1. The number of benzene rings is 2. The number of aromatic nitrogens is 2. The van der Waals surface area contributed by atoms with Gasteiger partial charge in [-0.1, -0.05) is 24.3 Å². The average molecular weight is 505 g/mol. The first-order valence-corrected chi connectivity index (χ1v) is 12.5. The summed E-state index contributed by atoms with van der Waals surface area (Å²) in [5, 5.41) is 0. The van der Waals surface area contributed by atoms with E-state index in [1.807, 2.05) is 29.2 Å². The first-order chi connectivity index (χ1) is 17.8. The molecule has 0 aliphatic carbocycles. The highest BCUT2D eigenvalue weighted by molar-refractivity contribution is 5.90. The number of aromatic amines is 1. The van der Waals surface area contributed by atoms with Crippen molar-refractivity contribution in [3.05, 3.63) is 60.3 Å². The minimum Gasteiger partial charge on any atom is -0.444 e. The molecule has 2 aliphatic rings. The number of hydrogen-bond acceptors (Lipinski definition) is 5. The van der Waals surface area contributed by atoms with Crippen molar-refractivity contribution in [2.24, 2.45) is 0 Å². The second kappa shape index (κ2) is 10.2. The quantitative estimate of drug-likeness (QED) is 0.474. The maximum Gasteiger partial charge on any atom is 0.414 e. The molecule has 0 bridgehead atoms. The topological polar surface area (TPSA) is 95.6 Å². The third-order valence-electron chi connectivity index (χ3n) is 7.03. The Morgan fingerprint density at radius 1 is 1.14 bits per heavy atom. The summed E-state index contributed by atoms with van der Waals surface area (Å²) >= 11 is 0. The number of carbonyl (C=O) groups excluding carboxylic acids is 3. The van der Waals surface area contributed by atoms with Crippen molar-refractivity contribution >= 4 is 23.5 Å². The molecule has 2 amide bonds. The van der Waals surface area contributed by atoms with Gasteiger partial charge in [-0.15, -0.1) is 0 Å². The highest BCUT2D eigenvalue weighted by Crippen LogP contribution is 2.33. The molecule has 192 valence electrons. The van der Waals surface area contributed by atoms with Gasteiger partial charge in [0.15, 0.2) is 0 Å². The number of ketones is 1. The molecule has 2 saturated heterocycles. The number of amides is 2. The first kappa shape index (κ1) is 24.7. The van der Waals surface area contributed by atoms with Crippen LogP contribution in [0.2, 0.25) is 0 Å². The maximum absolute atomic E-state index is 15.1. The zero-order valence-corrected chi connectivity index (χ0v) is 20.9. The summed E-state index contributed by atoms with van der Waals surface area (Å²) in [6.07, 6.45) is 3.48. The van der Waals surface area contributed by atoms with Gasteiger partial charge in [0.05, 0.1) is 30.2 Å². The Labute approximate surface area is 214 Å². The van der Waals surface area contributed by atoms with Crippen LogP contribution in [0.15, 0.2) is 48.7 Å². The van der Waals surface area contributed by atoms with Crippen LogP contribution in [0, 0.1) is 5.82 Å². The van der Waals surface area contributed by atoms with Crippen LogP contribution >= 0.6 is 0 Å². The maximum atomic E-state index is 15.1. The highest BCUT2D eigenvalue weighted by atomic mass is 19.1. The second-order valence-electron chi connectivity index (χ2n) is 9.65. The number of nitrogens with zero attached hydrogens (tertiary/aromatic N) is 3. The Morgan fingerprint density at radius 3 is 2.59 bits per heavy atom. The molecule has 37 heavy (non-hydrogen) atoms. The summed E-state index contributed by atoms with van der Waals surface area (Å²) in [5.41, 5.74) is 3.28. The van der Waals surface area contributed by atoms with Gasteiger partial charge in [0, 0.05) is 25.5 Å². The molecule has 3 aromatic rings. The fraction of sp³-hybridized carbons (Fsp3) is 0.357. The van der Waals surface area contributed by atoms with E-state index in [2.05, 4.69) is 9.97 Å². The van der Waals surface area contributed by atoms with Crippen molar-refractivity contribution in [3.8, 4) is 22.4 Å². The number of H-pyrrole nitrogens is 1. The predicted octanol–water partition coefficient (Wildman–Crippen LogP) is 5.26. The van der Waals surface area contributed by atoms with E-state index in [-0.39, 0.29) is 30.4 Å². The summed E-state index contributed by atoms with van der Waals surface area (Å²) in [6, 6.07) is 12.1. The molecule has 0 radical (unpaired) electrons. The van der Waals surface area contributed by atoms with Crippen molar-refractivity contribution in [1.29, 1.82) is 0 Å². The van der Waals surface area contributed by atoms with Gasteiger partial charge in [-0.2, -0.15) is 0 Å². The Kier molecular flexibility index (Phi) is 6.78. The number of cyclic esters (lactones) is 1. The molecule has 2 aliphatic heterocycles. The molecule has 0 saturated carbocycles. The van der Waals surface area contributed by atoms with Crippen molar-refractivity contribution < 1.29 is 23.5 Å².